The summed E-state index contributed by atoms with van der Waals surface area (Å²) in [5.74, 6) is -1.79. The number of rotatable bonds is 13. The third kappa shape index (κ3) is 9.99. The second-order valence-corrected chi connectivity index (χ2v) is 21.1. The first-order valence-electron chi connectivity index (χ1n) is 20.4. The van der Waals surface area contributed by atoms with Crippen molar-refractivity contribution in [1.29, 1.82) is 0 Å². The summed E-state index contributed by atoms with van der Waals surface area (Å²) >= 11 is 0. The summed E-state index contributed by atoms with van der Waals surface area (Å²) in [5.41, 5.74) is 0.630. The topological polar surface area (TPSA) is 134 Å². The zero-order valence-electron chi connectivity index (χ0n) is 34.6. The number of hydrogen-bond donors (Lipinski definition) is 3. The SMILES string of the molecule is CC[C@]1(C)NC(=O)[C@H](CCC/C=C/C(=O)[C@H](C)O[Si](c2ccccc2)(c2ccccc2)C(C)(C)C)NC(=O)[C@H]2CCCN2C(=O)[C@H](Cc2ccc(C)cc2)NC1=O. The molecule has 304 valence electrons. The van der Waals surface area contributed by atoms with Gasteiger partial charge in [0, 0.05) is 13.0 Å². The number of carbonyl (C=O) groups is 5. The number of nitrogens with zero attached hydrogens (tertiary/aromatic N) is 1. The van der Waals surface area contributed by atoms with Gasteiger partial charge in [0.2, 0.25) is 23.6 Å². The van der Waals surface area contributed by atoms with E-state index in [-0.39, 0.29) is 41.9 Å². The highest BCUT2D eigenvalue weighted by molar-refractivity contribution is 6.99. The van der Waals surface area contributed by atoms with Gasteiger partial charge in [-0.15, -0.1) is 0 Å². The van der Waals surface area contributed by atoms with Gasteiger partial charge in [0.05, 0.1) is 0 Å². The molecule has 2 heterocycles. The molecule has 11 heteroatoms. The van der Waals surface area contributed by atoms with E-state index >= 15 is 0 Å². The Balaban J connectivity index is 1.28. The Kier molecular flexibility index (Phi) is 14.1. The average molecular weight is 793 g/mol. The summed E-state index contributed by atoms with van der Waals surface area (Å²) in [6.07, 6.45) is 5.46. The smallest absolute Gasteiger partial charge is 0.262 e. The highest BCUT2D eigenvalue weighted by Gasteiger charge is 2.51. The summed E-state index contributed by atoms with van der Waals surface area (Å²) in [6.45, 7) is 14.1. The van der Waals surface area contributed by atoms with Gasteiger partial charge in [-0.3, -0.25) is 24.0 Å². The van der Waals surface area contributed by atoms with Crippen molar-refractivity contribution in [2.45, 2.75) is 128 Å². The predicted octanol–water partition coefficient (Wildman–Crippen LogP) is 5.06. The summed E-state index contributed by atoms with van der Waals surface area (Å²) in [6, 6.07) is 25.6. The van der Waals surface area contributed by atoms with Gasteiger partial charge in [-0.05, 0) is 86.3 Å². The van der Waals surface area contributed by atoms with Crippen LogP contribution in [0.15, 0.2) is 97.1 Å². The molecule has 0 saturated carbocycles. The molecule has 2 fully saturated rings. The summed E-state index contributed by atoms with van der Waals surface area (Å²) < 4.78 is 6.98. The van der Waals surface area contributed by atoms with Gasteiger partial charge < -0.3 is 25.3 Å². The maximum absolute atomic E-state index is 14.1. The first-order chi connectivity index (χ1) is 27.1. The highest BCUT2D eigenvalue weighted by atomic mass is 28.4. The van der Waals surface area contributed by atoms with Crippen LogP contribution < -0.4 is 26.3 Å². The van der Waals surface area contributed by atoms with E-state index in [4.69, 9.17) is 4.43 Å². The fourth-order valence-electron chi connectivity index (χ4n) is 7.97. The quantitative estimate of drug-likeness (QED) is 0.126. The van der Waals surface area contributed by atoms with Crippen LogP contribution in [-0.2, 0) is 34.8 Å². The maximum Gasteiger partial charge on any atom is 0.262 e. The second-order valence-electron chi connectivity index (χ2n) is 16.8. The summed E-state index contributed by atoms with van der Waals surface area (Å²) in [7, 11) is -2.94. The third-order valence-electron chi connectivity index (χ3n) is 11.6. The molecule has 57 heavy (non-hydrogen) atoms. The van der Waals surface area contributed by atoms with E-state index in [2.05, 4.69) is 61.0 Å². The van der Waals surface area contributed by atoms with Crippen LogP contribution in [0.4, 0.5) is 0 Å². The van der Waals surface area contributed by atoms with Crippen molar-refractivity contribution in [3.8, 4) is 0 Å². The lowest BCUT2D eigenvalue weighted by molar-refractivity contribution is -0.144. The first-order valence-corrected chi connectivity index (χ1v) is 22.3. The number of hydrogen-bond acceptors (Lipinski definition) is 6. The van der Waals surface area contributed by atoms with E-state index in [1.165, 1.54) is 0 Å². The standard InChI is InChI=1S/C46H60N4O6Si/c1-8-46(7)44(55)48-38(31-34-28-26-32(2)27-29-34)43(54)50-30-18-24-39(50)42(53)47-37(41(52)49-46)23-16-11-17-25-40(51)33(3)56-57(45(4,5)6,35-19-12-9-13-20-35)36-21-14-10-15-22-36/h9-10,12-15,17,19-22,25-29,33,37-39H,8,11,16,18,23-24,30-31H2,1-7H3,(H,47,53)(H,48,55)(H,49,52)/b25-17+/t33-,37-,38-,39+,46-/m0/s1. The van der Waals surface area contributed by atoms with E-state index in [1.807, 2.05) is 67.6 Å². The van der Waals surface area contributed by atoms with E-state index in [1.54, 1.807) is 37.8 Å². The minimum atomic E-state index is -2.94. The average Bonchev–Trinajstić information content (AvgIpc) is 3.69. The van der Waals surface area contributed by atoms with Gasteiger partial charge in [-0.1, -0.05) is 124 Å². The number of amides is 4. The molecule has 5 rings (SSSR count). The van der Waals surface area contributed by atoms with Gasteiger partial charge in [-0.25, -0.2) is 0 Å². The molecule has 0 aromatic heterocycles. The van der Waals surface area contributed by atoms with Crippen molar-refractivity contribution < 1.29 is 28.4 Å². The van der Waals surface area contributed by atoms with Gasteiger partial charge >= 0.3 is 0 Å². The zero-order chi connectivity index (χ0) is 41.4. The Morgan fingerprint density at radius 1 is 0.912 bits per heavy atom. The molecule has 0 unspecified atom stereocenters. The number of fused-ring (bicyclic) bond motifs is 1. The highest BCUT2D eigenvalue weighted by Crippen LogP contribution is 2.37. The van der Waals surface area contributed by atoms with E-state index in [9.17, 15) is 24.0 Å². The largest absolute Gasteiger partial charge is 0.397 e. The normalized spacial score (nSPS) is 22.9. The minimum absolute atomic E-state index is 0.156. The van der Waals surface area contributed by atoms with Gasteiger partial charge in [0.1, 0.15) is 29.8 Å². The molecular formula is C46H60N4O6Si. The molecule has 5 atom stereocenters. The number of nitrogens with one attached hydrogen (secondary N) is 3. The second kappa shape index (κ2) is 18.6. The van der Waals surface area contributed by atoms with E-state index in [0.717, 1.165) is 21.5 Å². The lowest BCUT2D eigenvalue weighted by Crippen LogP contribution is -2.68. The molecule has 3 aromatic carbocycles. The Hall–Kier alpha value is -4.87. The monoisotopic (exact) mass is 792 g/mol. The number of aryl methyl sites for hydroxylation is 1. The Morgan fingerprint density at radius 3 is 2.11 bits per heavy atom. The predicted molar refractivity (Wildman–Crippen MR) is 226 cm³/mol. The van der Waals surface area contributed by atoms with Crippen molar-refractivity contribution in [3.05, 3.63) is 108 Å². The van der Waals surface area contributed by atoms with Crippen LogP contribution in [0, 0.1) is 6.92 Å². The number of allylic oxidation sites excluding steroid dienone is 1. The molecule has 0 bridgehead atoms. The number of benzene rings is 3. The Morgan fingerprint density at radius 2 is 1.53 bits per heavy atom. The molecule has 3 aromatic rings. The van der Waals surface area contributed by atoms with Crippen LogP contribution in [0.3, 0.4) is 0 Å². The molecular weight excluding hydrogens is 733 g/mol. The zero-order valence-corrected chi connectivity index (χ0v) is 35.6. The molecule has 10 nitrogen and oxygen atoms in total. The number of unbranched alkanes of at least 4 members (excludes halogenated alkanes) is 1. The number of carbonyl (C=O) groups excluding carboxylic acids is 5. The van der Waals surface area contributed by atoms with Crippen molar-refractivity contribution in [2.75, 3.05) is 6.54 Å². The van der Waals surface area contributed by atoms with Crippen LogP contribution in [0.25, 0.3) is 0 Å². The van der Waals surface area contributed by atoms with Gasteiger partial charge in [0.25, 0.3) is 8.32 Å². The maximum atomic E-state index is 14.1. The third-order valence-corrected chi connectivity index (χ3v) is 16.7. The summed E-state index contributed by atoms with van der Waals surface area (Å²) in [5, 5.41) is 10.7. The van der Waals surface area contributed by atoms with Gasteiger partial charge in [0.15, 0.2) is 5.78 Å². The molecule has 4 amide bonds. The fraction of sp³-hybridized carbons (Fsp3) is 0.457. The lowest BCUT2D eigenvalue weighted by atomic mass is 9.94. The van der Waals surface area contributed by atoms with E-state index in [0.29, 0.717) is 32.2 Å². The summed E-state index contributed by atoms with van der Waals surface area (Å²) in [4.78, 5) is 70.8. The molecule has 0 aliphatic carbocycles. The van der Waals surface area contributed by atoms with Crippen molar-refractivity contribution in [3.63, 3.8) is 0 Å². The van der Waals surface area contributed by atoms with Crippen molar-refractivity contribution >= 4 is 48.1 Å². The Bertz CT molecular complexity index is 1870. The van der Waals surface area contributed by atoms with Crippen molar-refractivity contribution in [2.24, 2.45) is 0 Å². The van der Waals surface area contributed by atoms with Crippen LogP contribution in [0.5, 0.6) is 0 Å². The molecule has 0 spiro atoms. The van der Waals surface area contributed by atoms with Crippen LogP contribution in [-0.4, -0.2) is 78.9 Å². The van der Waals surface area contributed by atoms with Gasteiger partial charge in [-0.2, -0.15) is 0 Å². The molecule has 0 radical (unpaired) electrons. The van der Waals surface area contributed by atoms with Crippen molar-refractivity contribution in [1.82, 2.24) is 20.9 Å². The van der Waals surface area contributed by atoms with Crippen LogP contribution in [0.2, 0.25) is 5.04 Å². The fourth-order valence-corrected chi connectivity index (χ4v) is 12.6. The van der Waals surface area contributed by atoms with Crippen LogP contribution in [0.1, 0.15) is 91.2 Å². The first kappa shape index (κ1) is 43.3. The van der Waals surface area contributed by atoms with Crippen LogP contribution >= 0.6 is 0 Å². The molecule has 2 saturated heterocycles. The minimum Gasteiger partial charge on any atom is -0.397 e. The Labute approximate surface area is 339 Å². The lowest BCUT2D eigenvalue weighted by Gasteiger charge is -2.44. The molecule has 2 aliphatic heterocycles. The van der Waals surface area contributed by atoms with E-state index < -0.39 is 49.9 Å². The number of ketones is 1. The molecule has 2 aliphatic rings. The molecule has 3 N–H and O–H groups in total.